The quantitative estimate of drug-likeness (QED) is 0.405. The van der Waals surface area contributed by atoms with Gasteiger partial charge in [0.05, 0.1) is 5.56 Å². The first-order valence-corrected chi connectivity index (χ1v) is 13.1. The van der Waals surface area contributed by atoms with Crippen LogP contribution in [0.15, 0.2) is 36.7 Å². The van der Waals surface area contributed by atoms with Gasteiger partial charge in [-0.2, -0.15) is 9.49 Å². The summed E-state index contributed by atoms with van der Waals surface area (Å²) in [6.07, 6.45) is 8.44. The van der Waals surface area contributed by atoms with Crippen LogP contribution in [0.25, 0.3) is 11.1 Å². The summed E-state index contributed by atoms with van der Waals surface area (Å²) < 4.78 is 16.8. The van der Waals surface area contributed by atoms with Crippen LogP contribution >= 0.6 is 0 Å². The summed E-state index contributed by atoms with van der Waals surface area (Å²) in [5.41, 5.74) is 3.17. The van der Waals surface area contributed by atoms with Crippen LogP contribution in [-0.4, -0.2) is 32.6 Å². The highest BCUT2D eigenvalue weighted by atomic mass is 19.1. The number of pyridine rings is 2. The van der Waals surface area contributed by atoms with E-state index < -0.39 is 12.0 Å². The van der Waals surface area contributed by atoms with Gasteiger partial charge in [-0.05, 0) is 87.5 Å². The second-order valence-corrected chi connectivity index (χ2v) is 10.4. The zero-order valence-electron chi connectivity index (χ0n) is 21.6. The molecule has 9 heteroatoms. The van der Waals surface area contributed by atoms with Crippen LogP contribution in [-0.2, 0) is 11.3 Å². The topological polar surface area (TPSA) is 103 Å². The summed E-state index contributed by atoms with van der Waals surface area (Å²) in [4.78, 5) is 33.9. The number of rotatable bonds is 10. The zero-order chi connectivity index (χ0) is 26.1. The lowest BCUT2D eigenvalue weighted by Gasteiger charge is -2.25. The molecule has 2 aliphatic rings. The summed E-state index contributed by atoms with van der Waals surface area (Å²) in [5, 5.41) is 10.1. The Morgan fingerprint density at radius 1 is 1.14 bits per heavy atom. The van der Waals surface area contributed by atoms with E-state index in [4.69, 9.17) is 0 Å². The van der Waals surface area contributed by atoms with E-state index in [1.165, 1.54) is 0 Å². The Bertz CT molecular complexity index is 1300. The second kappa shape index (κ2) is 10.4. The SMILES string of the molecule is CCCn1nccc1C(=O)N[C@H](C(=O)Nc1ccc(-c2cc(C)cnc2C)c(F)[nH+]1)C(C1CC1)C1CC1. The molecule has 3 aromatic rings. The molecular weight excluding hydrogens is 471 g/mol. The van der Waals surface area contributed by atoms with Crippen molar-refractivity contribution in [1.82, 2.24) is 20.1 Å². The normalized spacial score (nSPS) is 16.0. The van der Waals surface area contributed by atoms with Crippen LogP contribution in [0.2, 0.25) is 0 Å². The van der Waals surface area contributed by atoms with Gasteiger partial charge in [0.1, 0.15) is 11.7 Å². The van der Waals surface area contributed by atoms with Crippen molar-refractivity contribution in [2.45, 2.75) is 65.5 Å². The maximum Gasteiger partial charge on any atom is 0.330 e. The third-order valence-corrected chi connectivity index (χ3v) is 7.34. The number of H-pyrrole nitrogens is 1. The van der Waals surface area contributed by atoms with Gasteiger partial charge in [-0.25, -0.2) is 15.1 Å². The third kappa shape index (κ3) is 5.55. The van der Waals surface area contributed by atoms with E-state index >= 15 is 4.39 Å². The second-order valence-electron chi connectivity index (χ2n) is 10.4. The molecule has 2 fully saturated rings. The van der Waals surface area contributed by atoms with E-state index in [0.717, 1.165) is 43.4 Å². The van der Waals surface area contributed by atoms with E-state index in [2.05, 4.69) is 25.7 Å². The van der Waals surface area contributed by atoms with Crippen molar-refractivity contribution in [3.8, 4) is 11.1 Å². The van der Waals surface area contributed by atoms with Gasteiger partial charge in [-0.1, -0.05) is 6.92 Å². The zero-order valence-corrected chi connectivity index (χ0v) is 21.6. The molecule has 0 unspecified atom stereocenters. The molecule has 3 heterocycles. The lowest BCUT2D eigenvalue weighted by atomic mass is 9.88. The molecule has 2 amide bonds. The molecule has 2 saturated carbocycles. The lowest BCUT2D eigenvalue weighted by molar-refractivity contribution is -0.404. The van der Waals surface area contributed by atoms with Crippen molar-refractivity contribution < 1.29 is 19.0 Å². The Balaban J connectivity index is 1.38. The highest BCUT2D eigenvalue weighted by Crippen LogP contribution is 2.50. The van der Waals surface area contributed by atoms with Gasteiger partial charge < -0.3 is 5.32 Å². The molecule has 3 N–H and O–H groups in total. The van der Waals surface area contributed by atoms with E-state index in [9.17, 15) is 9.59 Å². The molecule has 0 spiro atoms. The van der Waals surface area contributed by atoms with E-state index in [1.807, 2.05) is 26.8 Å². The summed E-state index contributed by atoms with van der Waals surface area (Å²) >= 11 is 0. The number of amides is 2. The molecule has 0 radical (unpaired) electrons. The number of nitrogens with zero attached hydrogens (tertiary/aromatic N) is 3. The molecule has 0 aliphatic heterocycles. The number of hydrogen-bond donors (Lipinski definition) is 2. The van der Waals surface area contributed by atoms with Gasteiger partial charge >= 0.3 is 5.91 Å². The molecular formula is C28H34FN6O2+. The number of nitrogens with one attached hydrogen (secondary N) is 3. The predicted octanol–water partition coefficient (Wildman–Crippen LogP) is 4.10. The van der Waals surface area contributed by atoms with Crippen molar-refractivity contribution in [2.75, 3.05) is 5.32 Å². The van der Waals surface area contributed by atoms with E-state index in [-0.39, 0.29) is 23.6 Å². The molecule has 194 valence electrons. The number of carbonyl (C=O) groups is 2. The third-order valence-electron chi connectivity index (χ3n) is 7.34. The van der Waals surface area contributed by atoms with Gasteiger partial charge in [-0.3, -0.25) is 14.5 Å². The molecule has 0 aromatic carbocycles. The van der Waals surface area contributed by atoms with Crippen molar-refractivity contribution in [1.29, 1.82) is 0 Å². The van der Waals surface area contributed by atoms with E-state index in [0.29, 0.717) is 35.2 Å². The minimum Gasteiger partial charge on any atom is -0.337 e. The minimum atomic E-state index is -0.711. The van der Waals surface area contributed by atoms with Crippen molar-refractivity contribution >= 4 is 17.6 Å². The summed E-state index contributed by atoms with van der Waals surface area (Å²) in [6.45, 7) is 6.39. The molecule has 37 heavy (non-hydrogen) atoms. The first-order chi connectivity index (χ1) is 17.9. The Labute approximate surface area is 216 Å². The maximum absolute atomic E-state index is 15.1. The van der Waals surface area contributed by atoms with Crippen LogP contribution in [0.5, 0.6) is 0 Å². The largest absolute Gasteiger partial charge is 0.337 e. The average molecular weight is 506 g/mol. The maximum atomic E-state index is 15.1. The number of aromatic amines is 1. The number of anilines is 1. The summed E-state index contributed by atoms with van der Waals surface area (Å²) in [7, 11) is 0. The van der Waals surface area contributed by atoms with Crippen molar-refractivity contribution in [2.24, 2.45) is 17.8 Å². The molecule has 0 saturated heterocycles. The van der Waals surface area contributed by atoms with Gasteiger partial charge in [0.25, 0.3) is 17.7 Å². The van der Waals surface area contributed by atoms with Gasteiger partial charge in [-0.15, -0.1) is 0 Å². The van der Waals surface area contributed by atoms with Gasteiger partial charge in [0.2, 0.25) is 0 Å². The first-order valence-electron chi connectivity index (χ1n) is 13.1. The molecule has 3 aromatic heterocycles. The molecule has 8 nitrogen and oxygen atoms in total. The fourth-order valence-corrected chi connectivity index (χ4v) is 5.23. The van der Waals surface area contributed by atoms with Crippen LogP contribution < -0.4 is 15.6 Å². The van der Waals surface area contributed by atoms with Gasteiger partial charge in [0.15, 0.2) is 0 Å². The van der Waals surface area contributed by atoms with Crippen molar-refractivity contribution in [3.05, 3.63) is 59.6 Å². The smallest absolute Gasteiger partial charge is 0.330 e. The minimum absolute atomic E-state index is 0.0663. The van der Waals surface area contributed by atoms with Gasteiger partial charge in [0, 0.05) is 36.3 Å². The predicted molar refractivity (Wildman–Crippen MR) is 137 cm³/mol. The first kappa shape index (κ1) is 25.0. The number of aryl methyl sites for hydroxylation is 3. The molecule has 1 atom stereocenters. The molecule has 0 bridgehead atoms. The Morgan fingerprint density at radius 2 is 1.86 bits per heavy atom. The Morgan fingerprint density at radius 3 is 2.51 bits per heavy atom. The van der Waals surface area contributed by atoms with Crippen LogP contribution in [0.4, 0.5) is 10.2 Å². The molecule has 2 aliphatic carbocycles. The van der Waals surface area contributed by atoms with Crippen molar-refractivity contribution in [3.63, 3.8) is 0 Å². The average Bonchev–Trinajstić information content (AvgIpc) is 3.81. The number of hydrogen-bond acceptors (Lipinski definition) is 4. The van der Waals surface area contributed by atoms with Crippen LogP contribution in [0.3, 0.4) is 0 Å². The fraction of sp³-hybridized carbons (Fsp3) is 0.464. The summed E-state index contributed by atoms with van der Waals surface area (Å²) in [5.74, 6) is -0.0612. The highest BCUT2D eigenvalue weighted by Gasteiger charge is 2.49. The lowest BCUT2D eigenvalue weighted by Crippen LogP contribution is -2.50. The number of halogens is 1. The number of carbonyl (C=O) groups excluding carboxylic acids is 2. The number of aromatic nitrogens is 4. The fourth-order valence-electron chi connectivity index (χ4n) is 5.23. The summed E-state index contributed by atoms with van der Waals surface area (Å²) in [6, 6.07) is 6.14. The van der Waals surface area contributed by atoms with Crippen LogP contribution in [0.1, 0.15) is 60.8 Å². The van der Waals surface area contributed by atoms with Crippen LogP contribution in [0, 0.1) is 37.5 Å². The van der Waals surface area contributed by atoms with E-state index in [1.54, 1.807) is 35.3 Å². The standard InChI is InChI=1S/C28H33FN6O2/c1-4-13-35-22(11-12-31-35)27(36)34-25(24(18-5-6-18)19-7-8-19)28(37)33-23-10-9-20(26(29)32-23)21-14-16(2)15-30-17(21)3/h9-12,14-15,18-19,24-25H,4-8,13H2,1-3H3,(H,34,36)(H,32,33,37)/p+1/t25-/m0/s1. The highest BCUT2D eigenvalue weighted by molar-refractivity contribution is 6.00. The Kier molecular flexibility index (Phi) is 7.04. The Hall–Kier alpha value is -3.62. The molecule has 5 rings (SSSR count). The monoisotopic (exact) mass is 505 g/mol.